The molecular formula is C9H16N4O. The van der Waals surface area contributed by atoms with E-state index in [2.05, 4.69) is 27.2 Å². The van der Waals surface area contributed by atoms with Gasteiger partial charge in [-0.15, -0.1) is 0 Å². The molecule has 0 amide bonds. The molecule has 0 bridgehead atoms. The minimum Gasteiger partial charge on any atom is -0.464 e. The van der Waals surface area contributed by atoms with E-state index in [1.54, 1.807) is 0 Å². The Bertz CT molecular complexity index is 290. The second-order valence-electron chi connectivity index (χ2n) is 2.85. The summed E-state index contributed by atoms with van der Waals surface area (Å²) in [5.74, 6) is 1.25. The van der Waals surface area contributed by atoms with Crippen LogP contribution in [0.15, 0.2) is 0 Å². The van der Waals surface area contributed by atoms with Crippen molar-refractivity contribution in [2.75, 3.05) is 18.5 Å². The maximum atomic E-state index is 5.21. The van der Waals surface area contributed by atoms with Gasteiger partial charge in [-0.3, -0.25) is 0 Å². The van der Waals surface area contributed by atoms with E-state index in [-0.39, 0.29) is 0 Å². The maximum Gasteiger partial charge on any atom is 0.321 e. The molecule has 78 valence electrons. The Hall–Kier alpha value is -1.39. The number of nitrogens with one attached hydrogen (secondary N) is 1. The summed E-state index contributed by atoms with van der Waals surface area (Å²) < 4.78 is 5.21. The van der Waals surface area contributed by atoms with Crippen LogP contribution in [0.3, 0.4) is 0 Å². The predicted molar refractivity (Wildman–Crippen MR) is 54.5 cm³/mol. The number of anilines is 1. The standard InChI is InChI=1S/C9H16N4O/c1-4-6-10-8-11-7(3)12-9(13-8)14-5-2/h4-6H2,1-3H3,(H,10,11,12,13). The van der Waals surface area contributed by atoms with Gasteiger partial charge in [0.15, 0.2) is 0 Å². The first-order chi connectivity index (χ1) is 6.76. The summed E-state index contributed by atoms with van der Waals surface area (Å²) in [5.41, 5.74) is 0. The molecule has 5 heteroatoms. The highest BCUT2D eigenvalue weighted by molar-refractivity contribution is 5.25. The van der Waals surface area contributed by atoms with Crippen molar-refractivity contribution in [2.45, 2.75) is 27.2 Å². The summed E-state index contributed by atoms with van der Waals surface area (Å²) in [6, 6.07) is 0.388. The quantitative estimate of drug-likeness (QED) is 0.771. The number of hydrogen-bond donors (Lipinski definition) is 1. The molecule has 0 aromatic carbocycles. The molecule has 1 N–H and O–H groups in total. The highest BCUT2D eigenvalue weighted by Crippen LogP contribution is 2.06. The Morgan fingerprint density at radius 2 is 2.00 bits per heavy atom. The van der Waals surface area contributed by atoms with Gasteiger partial charge >= 0.3 is 6.01 Å². The Morgan fingerprint density at radius 1 is 1.21 bits per heavy atom. The van der Waals surface area contributed by atoms with Gasteiger partial charge in [0.2, 0.25) is 5.95 Å². The minimum atomic E-state index is 0.388. The second kappa shape index (κ2) is 5.36. The molecule has 1 aromatic heterocycles. The van der Waals surface area contributed by atoms with Gasteiger partial charge in [-0.2, -0.15) is 15.0 Å². The third-order valence-electron chi connectivity index (χ3n) is 1.53. The van der Waals surface area contributed by atoms with Gasteiger partial charge in [-0.25, -0.2) is 0 Å². The Morgan fingerprint density at radius 3 is 2.64 bits per heavy atom. The molecule has 0 aliphatic heterocycles. The van der Waals surface area contributed by atoms with Crippen molar-refractivity contribution in [3.63, 3.8) is 0 Å². The molecular weight excluding hydrogens is 180 g/mol. The van der Waals surface area contributed by atoms with Crippen LogP contribution in [0.1, 0.15) is 26.1 Å². The van der Waals surface area contributed by atoms with Crippen molar-refractivity contribution in [3.05, 3.63) is 5.82 Å². The summed E-state index contributed by atoms with van der Waals surface area (Å²) in [5, 5.41) is 3.09. The van der Waals surface area contributed by atoms with Crippen LogP contribution in [-0.2, 0) is 0 Å². The molecule has 14 heavy (non-hydrogen) atoms. The summed E-state index contributed by atoms with van der Waals surface area (Å²) in [6.07, 6.45) is 1.04. The number of nitrogens with zero attached hydrogens (tertiary/aromatic N) is 3. The fourth-order valence-electron chi connectivity index (χ4n) is 0.967. The van der Waals surface area contributed by atoms with Crippen LogP contribution in [0.4, 0.5) is 5.95 Å². The lowest BCUT2D eigenvalue weighted by molar-refractivity contribution is 0.311. The molecule has 0 atom stereocenters. The number of aryl methyl sites for hydroxylation is 1. The molecule has 0 aliphatic carbocycles. The van der Waals surface area contributed by atoms with Gasteiger partial charge in [-0.1, -0.05) is 6.92 Å². The highest BCUT2D eigenvalue weighted by Gasteiger charge is 2.02. The lowest BCUT2D eigenvalue weighted by atomic mass is 10.5. The van der Waals surface area contributed by atoms with Crippen LogP contribution in [0.5, 0.6) is 6.01 Å². The van der Waals surface area contributed by atoms with E-state index in [9.17, 15) is 0 Å². The van der Waals surface area contributed by atoms with Crippen molar-refractivity contribution >= 4 is 5.95 Å². The first kappa shape index (κ1) is 10.7. The average Bonchev–Trinajstić information content (AvgIpc) is 2.14. The molecule has 0 spiro atoms. The largest absolute Gasteiger partial charge is 0.464 e. The van der Waals surface area contributed by atoms with Crippen LogP contribution in [0, 0.1) is 6.92 Å². The zero-order valence-electron chi connectivity index (χ0n) is 8.87. The smallest absolute Gasteiger partial charge is 0.321 e. The average molecular weight is 196 g/mol. The van der Waals surface area contributed by atoms with E-state index in [0.29, 0.717) is 24.4 Å². The maximum absolute atomic E-state index is 5.21. The lowest BCUT2D eigenvalue weighted by Crippen LogP contribution is -2.08. The molecule has 0 saturated heterocycles. The molecule has 0 unspecified atom stereocenters. The van der Waals surface area contributed by atoms with Crippen molar-refractivity contribution in [1.82, 2.24) is 15.0 Å². The summed E-state index contributed by atoms with van der Waals surface area (Å²) in [7, 11) is 0. The lowest BCUT2D eigenvalue weighted by Gasteiger charge is -2.05. The Labute approximate surface area is 83.9 Å². The van der Waals surface area contributed by atoms with Crippen LogP contribution >= 0.6 is 0 Å². The molecule has 5 nitrogen and oxygen atoms in total. The SMILES string of the molecule is CCCNc1nc(C)nc(OCC)n1. The molecule has 0 fully saturated rings. The summed E-state index contributed by atoms with van der Waals surface area (Å²) in [6.45, 7) is 7.23. The molecule has 1 heterocycles. The molecule has 1 rings (SSSR count). The van der Waals surface area contributed by atoms with Crippen molar-refractivity contribution in [1.29, 1.82) is 0 Å². The highest BCUT2D eigenvalue weighted by atomic mass is 16.5. The summed E-state index contributed by atoms with van der Waals surface area (Å²) in [4.78, 5) is 12.3. The Kier molecular flexibility index (Phi) is 4.10. The van der Waals surface area contributed by atoms with Crippen LogP contribution in [-0.4, -0.2) is 28.1 Å². The minimum absolute atomic E-state index is 0.388. The monoisotopic (exact) mass is 196 g/mol. The summed E-state index contributed by atoms with van der Waals surface area (Å²) >= 11 is 0. The second-order valence-corrected chi connectivity index (χ2v) is 2.85. The topological polar surface area (TPSA) is 59.9 Å². The van der Waals surface area contributed by atoms with E-state index in [1.807, 2.05) is 13.8 Å². The fourth-order valence-corrected chi connectivity index (χ4v) is 0.967. The van der Waals surface area contributed by atoms with Gasteiger partial charge in [0.05, 0.1) is 6.61 Å². The van der Waals surface area contributed by atoms with Crippen LogP contribution in [0.25, 0.3) is 0 Å². The van der Waals surface area contributed by atoms with E-state index in [1.165, 1.54) is 0 Å². The van der Waals surface area contributed by atoms with Crippen molar-refractivity contribution < 1.29 is 4.74 Å². The van der Waals surface area contributed by atoms with Crippen molar-refractivity contribution in [2.24, 2.45) is 0 Å². The van der Waals surface area contributed by atoms with Gasteiger partial charge in [-0.05, 0) is 20.3 Å². The first-order valence-corrected chi connectivity index (χ1v) is 4.85. The van der Waals surface area contributed by atoms with E-state index < -0.39 is 0 Å². The number of hydrogen-bond acceptors (Lipinski definition) is 5. The molecule has 0 radical (unpaired) electrons. The third kappa shape index (κ3) is 3.16. The van der Waals surface area contributed by atoms with Gasteiger partial charge < -0.3 is 10.1 Å². The van der Waals surface area contributed by atoms with Gasteiger partial charge in [0.25, 0.3) is 0 Å². The zero-order chi connectivity index (χ0) is 10.4. The van der Waals surface area contributed by atoms with E-state index >= 15 is 0 Å². The van der Waals surface area contributed by atoms with Crippen molar-refractivity contribution in [3.8, 4) is 6.01 Å². The van der Waals surface area contributed by atoms with Crippen LogP contribution in [0.2, 0.25) is 0 Å². The van der Waals surface area contributed by atoms with Gasteiger partial charge in [0.1, 0.15) is 5.82 Å². The predicted octanol–water partition coefficient (Wildman–Crippen LogP) is 1.40. The number of rotatable bonds is 5. The fraction of sp³-hybridized carbons (Fsp3) is 0.667. The number of ether oxygens (including phenoxy) is 1. The normalized spacial score (nSPS) is 9.93. The molecule has 0 aliphatic rings. The zero-order valence-corrected chi connectivity index (χ0v) is 8.87. The molecule has 1 aromatic rings. The van der Waals surface area contributed by atoms with E-state index in [0.717, 1.165) is 13.0 Å². The number of aromatic nitrogens is 3. The van der Waals surface area contributed by atoms with Crippen LogP contribution < -0.4 is 10.1 Å². The molecule has 0 saturated carbocycles. The third-order valence-corrected chi connectivity index (χ3v) is 1.53. The van der Waals surface area contributed by atoms with E-state index in [4.69, 9.17) is 4.74 Å². The Balaban J connectivity index is 2.73. The van der Waals surface area contributed by atoms with Gasteiger partial charge in [0, 0.05) is 6.54 Å². The first-order valence-electron chi connectivity index (χ1n) is 4.85.